The van der Waals surface area contributed by atoms with Crippen molar-refractivity contribution in [2.24, 2.45) is 10.9 Å². The van der Waals surface area contributed by atoms with Gasteiger partial charge in [-0.25, -0.2) is 0 Å². The lowest BCUT2D eigenvalue weighted by atomic mass is 9.88. The second kappa shape index (κ2) is 5.87. The summed E-state index contributed by atoms with van der Waals surface area (Å²) in [6, 6.07) is 0.328. The smallest absolute Gasteiger partial charge is 0.104 e. The number of amidine groups is 1. The van der Waals surface area contributed by atoms with E-state index < -0.39 is 0 Å². The Morgan fingerprint density at radius 3 is 2.89 bits per heavy atom. The highest BCUT2D eigenvalue weighted by Gasteiger charge is 2.31. The number of nitrogens with zero attached hydrogens (tertiary/aromatic N) is 2. The van der Waals surface area contributed by atoms with Gasteiger partial charge in [0.1, 0.15) is 5.84 Å². The molecule has 1 fully saturated rings. The fourth-order valence-corrected chi connectivity index (χ4v) is 3.23. The maximum atomic E-state index is 5.68. The molecular formula is C15H26N2O. The summed E-state index contributed by atoms with van der Waals surface area (Å²) < 4.78 is 5.68. The van der Waals surface area contributed by atoms with E-state index in [9.17, 15) is 0 Å². The maximum Gasteiger partial charge on any atom is 0.104 e. The van der Waals surface area contributed by atoms with E-state index >= 15 is 0 Å². The first-order valence-electron chi connectivity index (χ1n) is 7.33. The van der Waals surface area contributed by atoms with Crippen molar-refractivity contribution in [1.82, 2.24) is 4.90 Å². The lowest BCUT2D eigenvalue weighted by molar-refractivity contribution is 0.0935. The first kappa shape index (κ1) is 13.6. The van der Waals surface area contributed by atoms with Crippen LogP contribution in [0, 0.1) is 5.92 Å². The van der Waals surface area contributed by atoms with Crippen molar-refractivity contribution in [1.29, 1.82) is 0 Å². The summed E-state index contributed by atoms with van der Waals surface area (Å²) >= 11 is 0. The van der Waals surface area contributed by atoms with Gasteiger partial charge in [-0.05, 0) is 24.8 Å². The summed E-state index contributed by atoms with van der Waals surface area (Å²) in [5, 5.41) is 0. The van der Waals surface area contributed by atoms with Crippen LogP contribution in [0.3, 0.4) is 0 Å². The van der Waals surface area contributed by atoms with Crippen LogP contribution >= 0.6 is 0 Å². The highest BCUT2D eigenvalue weighted by molar-refractivity contribution is 5.85. The zero-order valence-electron chi connectivity index (χ0n) is 12.2. The van der Waals surface area contributed by atoms with Crippen LogP contribution in [0.2, 0.25) is 0 Å². The van der Waals surface area contributed by atoms with Gasteiger partial charge in [0.25, 0.3) is 0 Å². The Labute approximate surface area is 111 Å². The van der Waals surface area contributed by atoms with Gasteiger partial charge in [-0.1, -0.05) is 27.2 Å². The molecule has 18 heavy (non-hydrogen) atoms. The van der Waals surface area contributed by atoms with Crippen LogP contribution in [0.15, 0.2) is 16.3 Å². The molecule has 2 heterocycles. The van der Waals surface area contributed by atoms with Crippen LogP contribution in [0.1, 0.15) is 47.0 Å². The van der Waals surface area contributed by atoms with Crippen molar-refractivity contribution >= 4 is 5.84 Å². The molecule has 2 aliphatic heterocycles. The van der Waals surface area contributed by atoms with Crippen LogP contribution in [0.25, 0.3) is 0 Å². The molecule has 0 saturated carbocycles. The van der Waals surface area contributed by atoms with E-state index in [2.05, 4.69) is 32.6 Å². The van der Waals surface area contributed by atoms with E-state index in [1.165, 1.54) is 29.9 Å². The summed E-state index contributed by atoms with van der Waals surface area (Å²) in [4.78, 5) is 7.31. The second-order valence-corrected chi connectivity index (χ2v) is 5.37. The van der Waals surface area contributed by atoms with Crippen LogP contribution in [-0.2, 0) is 4.74 Å². The molecular weight excluding hydrogens is 224 g/mol. The molecule has 1 unspecified atom stereocenters. The molecule has 0 radical (unpaired) electrons. The van der Waals surface area contributed by atoms with Gasteiger partial charge in [-0.3, -0.25) is 4.99 Å². The van der Waals surface area contributed by atoms with Crippen molar-refractivity contribution in [2.45, 2.75) is 53.0 Å². The summed E-state index contributed by atoms with van der Waals surface area (Å²) in [6.07, 6.45) is 3.49. The summed E-state index contributed by atoms with van der Waals surface area (Å²) in [5.74, 6) is 1.86. The van der Waals surface area contributed by atoms with E-state index in [1.807, 2.05) is 0 Å². The fourth-order valence-electron chi connectivity index (χ4n) is 3.23. The van der Waals surface area contributed by atoms with Gasteiger partial charge in [-0.2, -0.15) is 0 Å². The van der Waals surface area contributed by atoms with Crippen molar-refractivity contribution in [2.75, 3.05) is 19.8 Å². The topological polar surface area (TPSA) is 24.8 Å². The predicted octanol–water partition coefficient (Wildman–Crippen LogP) is 3.22. The molecule has 2 atom stereocenters. The third-order valence-electron chi connectivity index (χ3n) is 4.03. The second-order valence-electron chi connectivity index (χ2n) is 5.37. The van der Waals surface area contributed by atoms with Crippen LogP contribution in [0.5, 0.6) is 0 Å². The standard InChI is InChI=1S/C15H26N2O/c1-5-7-11(3)15-12(4)16-14(6-2)17-8-9-18-10-13(15)17/h11-12H,5-10H2,1-4H3/t11?,12-/m0/s1. The van der Waals surface area contributed by atoms with Crippen molar-refractivity contribution in [3.05, 3.63) is 11.3 Å². The Kier molecular flexibility index (Phi) is 4.44. The average Bonchev–Trinajstić information content (AvgIpc) is 2.37. The SMILES string of the molecule is CCCC(C)C1=C2COCCN2C(CC)=N[C@H]1C. The van der Waals surface area contributed by atoms with Gasteiger partial charge in [0, 0.05) is 18.7 Å². The summed E-state index contributed by atoms with van der Waals surface area (Å²) in [6.45, 7) is 11.6. The number of fused-ring (bicyclic) bond motifs is 1. The number of morpholine rings is 1. The summed E-state index contributed by atoms with van der Waals surface area (Å²) in [5.41, 5.74) is 2.91. The van der Waals surface area contributed by atoms with E-state index in [0.717, 1.165) is 26.2 Å². The largest absolute Gasteiger partial charge is 0.373 e. The van der Waals surface area contributed by atoms with Crippen LogP contribution in [0.4, 0.5) is 0 Å². The molecule has 0 amide bonds. The zero-order valence-corrected chi connectivity index (χ0v) is 12.2. The van der Waals surface area contributed by atoms with Crippen LogP contribution in [-0.4, -0.2) is 36.5 Å². The number of hydrogen-bond donors (Lipinski definition) is 0. The molecule has 2 aliphatic rings. The Morgan fingerprint density at radius 2 is 2.22 bits per heavy atom. The van der Waals surface area contributed by atoms with E-state index in [0.29, 0.717) is 12.0 Å². The third-order valence-corrected chi connectivity index (χ3v) is 4.03. The zero-order chi connectivity index (χ0) is 13.1. The Balaban J connectivity index is 2.32. The maximum absolute atomic E-state index is 5.68. The van der Waals surface area contributed by atoms with E-state index in [1.54, 1.807) is 0 Å². The molecule has 3 nitrogen and oxygen atoms in total. The quantitative estimate of drug-likeness (QED) is 0.765. The normalized spacial score (nSPS) is 25.9. The molecule has 0 aliphatic carbocycles. The predicted molar refractivity (Wildman–Crippen MR) is 75.8 cm³/mol. The van der Waals surface area contributed by atoms with E-state index in [-0.39, 0.29) is 0 Å². The molecule has 0 aromatic heterocycles. The average molecular weight is 250 g/mol. The Morgan fingerprint density at radius 1 is 1.44 bits per heavy atom. The molecule has 2 rings (SSSR count). The first-order chi connectivity index (χ1) is 8.69. The highest BCUT2D eigenvalue weighted by atomic mass is 16.5. The Hall–Kier alpha value is -0.830. The van der Waals surface area contributed by atoms with Crippen molar-refractivity contribution in [3.63, 3.8) is 0 Å². The third kappa shape index (κ3) is 2.46. The van der Waals surface area contributed by atoms with Gasteiger partial charge in [0.2, 0.25) is 0 Å². The van der Waals surface area contributed by atoms with Gasteiger partial charge < -0.3 is 9.64 Å². The van der Waals surface area contributed by atoms with Gasteiger partial charge in [0.05, 0.1) is 19.3 Å². The first-order valence-corrected chi connectivity index (χ1v) is 7.33. The summed E-state index contributed by atoms with van der Waals surface area (Å²) in [7, 11) is 0. The highest BCUT2D eigenvalue weighted by Crippen LogP contribution is 2.32. The molecule has 0 bridgehead atoms. The Bertz CT molecular complexity index is 360. The number of hydrogen-bond acceptors (Lipinski definition) is 3. The molecule has 3 heteroatoms. The van der Waals surface area contributed by atoms with Gasteiger partial charge in [0.15, 0.2) is 0 Å². The van der Waals surface area contributed by atoms with Crippen LogP contribution < -0.4 is 0 Å². The number of ether oxygens (including phenoxy) is 1. The van der Waals surface area contributed by atoms with Crippen molar-refractivity contribution < 1.29 is 4.74 Å². The molecule has 0 spiro atoms. The molecule has 0 aromatic rings. The fraction of sp³-hybridized carbons (Fsp3) is 0.800. The molecule has 102 valence electrons. The molecule has 0 N–H and O–H groups in total. The molecule has 1 saturated heterocycles. The molecule has 0 aromatic carbocycles. The van der Waals surface area contributed by atoms with Gasteiger partial charge in [-0.15, -0.1) is 0 Å². The van der Waals surface area contributed by atoms with Crippen molar-refractivity contribution in [3.8, 4) is 0 Å². The number of rotatable bonds is 4. The lowest BCUT2D eigenvalue weighted by Crippen LogP contribution is -2.44. The minimum absolute atomic E-state index is 0.328. The monoisotopic (exact) mass is 250 g/mol. The number of aliphatic imine (C=N–C) groups is 1. The minimum atomic E-state index is 0.328. The van der Waals surface area contributed by atoms with Gasteiger partial charge >= 0.3 is 0 Å². The van der Waals surface area contributed by atoms with E-state index in [4.69, 9.17) is 9.73 Å². The lowest BCUT2D eigenvalue weighted by Gasteiger charge is -2.40. The minimum Gasteiger partial charge on any atom is -0.373 e.